The van der Waals surface area contributed by atoms with Crippen molar-refractivity contribution in [1.82, 2.24) is 0 Å². The molecule has 0 aliphatic carbocycles. The van der Waals surface area contributed by atoms with Crippen LogP contribution >= 0.6 is 0 Å². The molecular formula is C12H22O2. The molecule has 0 aromatic heterocycles. The van der Waals surface area contributed by atoms with Crippen LogP contribution in [0.15, 0.2) is 12.7 Å². The zero-order chi connectivity index (χ0) is 11.0. The van der Waals surface area contributed by atoms with Crippen molar-refractivity contribution in [3.05, 3.63) is 12.7 Å². The fourth-order valence-electron chi connectivity index (χ4n) is 1.68. The summed E-state index contributed by atoms with van der Waals surface area (Å²) in [6, 6.07) is 0. The molecule has 0 aliphatic rings. The van der Waals surface area contributed by atoms with Gasteiger partial charge in [0.25, 0.3) is 0 Å². The van der Waals surface area contributed by atoms with Crippen molar-refractivity contribution in [2.75, 3.05) is 7.11 Å². The third kappa shape index (κ3) is 3.26. The van der Waals surface area contributed by atoms with E-state index in [9.17, 15) is 4.79 Å². The largest absolute Gasteiger partial charge is 0.370 e. The molecule has 0 saturated carbocycles. The van der Waals surface area contributed by atoms with Crippen LogP contribution in [0.1, 0.15) is 46.0 Å². The van der Waals surface area contributed by atoms with Crippen LogP contribution in [0, 0.1) is 0 Å². The summed E-state index contributed by atoms with van der Waals surface area (Å²) in [6.45, 7) is 7.63. The van der Waals surface area contributed by atoms with Gasteiger partial charge < -0.3 is 4.74 Å². The summed E-state index contributed by atoms with van der Waals surface area (Å²) in [5, 5.41) is 0. The number of rotatable bonds is 8. The average Bonchev–Trinajstić information content (AvgIpc) is 2.22. The van der Waals surface area contributed by atoms with Crippen LogP contribution in [0.2, 0.25) is 0 Å². The van der Waals surface area contributed by atoms with Crippen molar-refractivity contribution >= 4 is 5.78 Å². The first-order valence-corrected chi connectivity index (χ1v) is 5.36. The van der Waals surface area contributed by atoms with Gasteiger partial charge in [0.1, 0.15) is 5.60 Å². The Hall–Kier alpha value is -0.630. The number of methoxy groups -OCH3 is 1. The van der Waals surface area contributed by atoms with Gasteiger partial charge in [-0.25, -0.2) is 0 Å². The molecule has 0 radical (unpaired) electrons. The zero-order valence-electron chi connectivity index (χ0n) is 9.64. The van der Waals surface area contributed by atoms with Gasteiger partial charge >= 0.3 is 0 Å². The fourth-order valence-corrected chi connectivity index (χ4v) is 1.68. The average molecular weight is 198 g/mol. The Kier molecular flexibility index (Phi) is 6.46. The molecule has 0 bridgehead atoms. The Balaban J connectivity index is 4.21. The predicted molar refractivity (Wildman–Crippen MR) is 59.4 cm³/mol. The number of unbranched alkanes of at least 4 members (excludes halogenated alkanes) is 1. The van der Waals surface area contributed by atoms with Gasteiger partial charge in [-0.05, 0) is 25.7 Å². The van der Waals surface area contributed by atoms with E-state index in [1.165, 1.54) is 0 Å². The molecule has 0 spiro atoms. The second-order valence-electron chi connectivity index (χ2n) is 3.51. The third-order valence-electron chi connectivity index (χ3n) is 2.85. The van der Waals surface area contributed by atoms with Crippen LogP contribution in [-0.4, -0.2) is 18.5 Å². The number of Topliss-reactive ketones (excluding diaryl/α,β-unsaturated/α-hetero) is 1. The monoisotopic (exact) mass is 198 g/mol. The van der Waals surface area contributed by atoms with Crippen LogP contribution in [0.3, 0.4) is 0 Å². The van der Waals surface area contributed by atoms with E-state index in [0.29, 0.717) is 6.42 Å². The Labute approximate surface area is 87.3 Å². The highest BCUT2D eigenvalue weighted by molar-refractivity contribution is 5.87. The summed E-state index contributed by atoms with van der Waals surface area (Å²) >= 11 is 0. The van der Waals surface area contributed by atoms with E-state index in [4.69, 9.17) is 4.74 Å². The van der Waals surface area contributed by atoms with Crippen molar-refractivity contribution < 1.29 is 9.53 Å². The lowest BCUT2D eigenvalue weighted by atomic mass is 9.89. The maximum Gasteiger partial charge on any atom is 0.164 e. The SMILES string of the molecule is C=CCCCC(=O)C(CC)(CC)OC. The molecule has 14 heavy (non-hydrogen) atoms. The van der Waals surface area contributed by atoms with Crippen molar-refractivity contribution in [1.29, 1.82) is 0 Å². The minimum absolute atomic E-state index is 0.229. The molecule has 0 rings (SSSR count). The molecule has 0 atom stereocenters. The third-order valence-corrected chi connectivity index (χ3v) is 2.85. The molecule has 2 heteroatoms. The van der Waals surface area contributed by atoms with Gasteiger partial charge in [0.15, 0.2) is 5.78 Å². The van der Waals surface area contributed by atoms with Gasteiger partial charge in [0.05, 0.1) is 0 Å². The summed E-state index contributed by atoms with van der Waals surface area (Å²) in [4.78, 5) is 11.9. The molecule has 82 valence electrons. The fraction of sp³-hybridized carbons (Fsp3) is 0.750. The number of carbonyl (C=O) groups excluding carboxylic acids is 1. The lowest BCUT2D eigenvalue weighted by Crippen LogP contribution is -2.39. The van der Waals surface area contributed by atoms with Crippen molar-refractivity contribution in [3.8, 4) is 0 Å². The molecule has 0 fully saturated rings. The first-order valence-electron chi connectivity index (χ1n) is 5.36. The number of carbonyl (C=O) groups is 1. The molecule has 0 aromatic rings. The van der Waals surface area contributed by atoms with Gasteiger partial charge in [-0.1, -0.05) is 19.9 Å². The highest BCUT2D eigenvalue weighted by Gasteiger charge is 2.33. The first kappa shape index (κ1) is 13.4. The lowest BCUT2D eigenvalue weighted by Gasteiger charge is -2.28. The maximum absolute atomic E-state index is 11.9. The van der Waals surface area contributed by atoms with Gasteiger partial charge in [0, 0.05) is 13.5 Å². The van der Waals surface area contributed by atoms with Gasteiger partial charge in [-0.15, -0.1) is 6.58 Å². The predicted octanol–water partition coefficient (Wildman–Crippen LogP) is 3.12. The Morgan fingerprint density at radius 3 is 2.36 bits per heavy atom. The number of ether oxygens (including phenoxy) is 1. The summed E-state index contributed by atoms with van der Waals surface area (Å²) in [5.74, 6) is 0.229. The van der Waals surface area contributed by atoms with Gasteiger partial charge in [-0.2, -0.15) is 0 Å². The second kappa shape index (κ2) is 6.77. The molecule has 0 amide bonds. The summed E-state index contributed by atoms with van der Waals surface area (Å²) in [5.41, 5.74) is -0.541. The van der Waals surface area contributed by atoms with Crippen molar-refractivity contribution in [2.24, 2.45) is 0 Å². The minimum Gasteiger partial charge on any atom is -0.370 e. The first-order chi connectivity index (χ1) is 6.66. The van der Waals surface area contributed by atoms with Gasteiger partial charge in [-0.3, -0.25) is 4.79 Å². The Morgan fingerprint density at radius 2 is 2.00 bits per heavy atom. The normalized spacial score (nSPS) is 11.4. The molecule has 0 heterocycles. The molecule has 0 unspecified atom stereocenters. The molecule has 0 saturated heterocycles. The summed E-state index contributed by atoms with van der Waals surface area (Å²) in [6.07, 6.45) is 5.74. The number of allylic oxidation sites excluding steroid dienone is 1. The highest BCUT2D eigenvalue weighted by Crippen LogP contribution is 2.23. The molecule has 0 aliphatic heterocycles. The number of ketones is 1. The van der Waals surface area contributed by atoms with E-state index in [-0.39, 0.29) is 5.78 Å². The van der Waals surface area contributed by atoms with E-state index in [2.05, 4.69) is 6.58 Å². The molecule has 0 aromatic carbocycles. The maximum atomic E-state index is 11.9. The van der Waals surface area contributed by atoms with Gasteiger partial charge in [0.2, 0.25) is 0 Å². The molecule has 2 nitrogen and oxygen atoms in total. The van der Waals surface area contributed by atoms with E-state index in [1.54, 1.807) is 7.11 Å². The van der Waals surface area contributed by atoms with E-state index in [1.807, 2.05) is 19.9 Å². The minimum atomic E-state index is -0.541. The molecular weight excluding hydrogens is 176 g/mol. The van der Waals surface area contributed by atoms with E-state index < -0.39 is 5.60 Å². The van der Waals surface area contributed by atoms with Crippen LogP contribution in [0.4, 0.5) is 0 Å². The second-order valence-corrected chi connectivity index (χ2v) is 3.51. The number of hydrogen-bond donors (Lipinski definition) is 0. The van der Waals surface area contributed by atoms with Crippen LogP contribution in [0.25, 0.3) is 0 Å². The summed E-state index contributed by atoms with van der Waals surface area (Å²) in [7, 11) is 1.62. The van der Waals surface area contributed by atoms with Crippen molar-refractivity contribution in [2.45, 2.75) is 51.6 Å². The molecule has 0 N–H and O–H groups in total. The Bertz CT molecular complexity index is 172. The van der Waals surface area contributed by atoms with E-state index in [0.717, 1.165) is 25.7 Å². The van der Waals surface area contributed by atoms with Crippen LogP contribution in [-0.2, 0) is 9.53 Å². The quantitative estimate of drug-likeness (QED) is 0.442. The number of hydrogen-bond acceptors (Lipinski definition) is 2. The standard InChI is InChI=1S/C12H22O2/c1-5-8-9-10-11(13)12(6-2,7-3)14-4/h5H,1,6-10H2,2-4H3. The lowest BCUT2D eigenvalue weighted by molar-refractivity contribution is -0.142. The van der Waals surface area contributed by atoms with Crippen molar-refractivity contribution in [3.63, 3.8) is 0 Å². The highest BCUT2D eigenvalue weighted by atomic mass is 16.5. The van der Waals surface area contributed by atoms with Crippen LogP contribution in [0.5, 0.6) is 0 Å². The topological polar surface area (TPSA) is 26.3 Å². The smallest absolute Gasteiger partial charge is 0.164 e. The van der Waals surface area contributed by atoms with Crippen LogP contribution < -0.4 is 0 Å². The van der Waals surface area contributed by atoms with E-state index >= 15 is 0 Å². The summed E-state index contributed by atoms with van der Waals surface area (Å²) < 4.78 is 5.35. The zero-order valence-corrected chi connectivity index (χ0v) is 9.64. The Morgan fingerprint density at radius 1 is 1.43 bits per heavy atom.